The van der Waals surface area contributed by atoms with Gasteiger partial charge < -0.3 is 9.90 Å². The number of phenolic OH excluding ortho intramolecular Hbond substituents is 1. The first-order valence-electron chi connectivity index (χ1n) is 4.63. The van der Waals surface area contributed by atoms with Crippen molar-refractivity contribution in [2.45, 2.75) is 12.5 Å². The van der Waals surface area contributed by atoms with Crippen molar-refractivity contribution in [3.05, 3.63) is 29.6 Å². The van der Waals surface area contributed by atoms with E-state index >= 15 is 0 Å². The lowest BCUT2D eigenvalue weighted by atomic mass is 10.1. The number of aromatic hydroxyl groups is 1. The van der Waals surface area contributed by atoms with E-state index in [2.05, 4.69) is 0 Å². The molecular weight excluding hydrogens is 197 g/mol. The molecule has 3 nitrogen and oxygen atoms in total. The summed E-state index contributed by atoms with van der Waals surface area (Å²) < 4.78 is 12.9. The minimum absolute atomic E-state index is 0.117. The smallest absolute Gasteiger partial charge is 0.137 e. The van der Waals surface area contributed by atoms with Crippen LogP contribution in [0.5, 0.6) is 5.75 Å². The third-order valence-corrected chi connectivity index (χ3v) is 2.21. The first-order valence-corrected chi connectivity index (χ1v) is 4.63. The number of hydrogen-bond donors (Lipinski definition) is 1. The lowest BCUT2D eigenvalue weighted by molar-refractivity contribution is -0.111. The number of phenols is 1. The summed E-state index contributed by atoms with van der Waals surface area (Å²) in [5.41, 5.74) is 0.610. The number of halogens is 1. The fourth-order valence-electron chi connectivity index (χ4n) is 1.35. The average Bonchev–Trinajstić information content (AvgIpc) is 2.12. The van der Waals surface area contributed by atoms with Crippen LogP contribution in [0.3, 0.4) is 0 Å². The Morgan fingerprint density at radius 2 is 2.13 bits per heavy atom. The van der Waals surface area contributed by atoms with Crippen LogP contribution >= 0.6 is 0 Å². The zero-order valence-electron chi connectivity index (χ0n) is 8.77. The van der Waals surface area contributed by atoms with Gasteiger partial charge in [-0.15, -0.1) is 0 Å². The highest BCUT2D eigenvalue weighted by Crippen LogP contribution is 2.16. The van der Waals surface area contributed by atoms with Gasteiger partial charge in [0.25, 0.3) is 0 Å². The van der Waals surface area contributed by atoms with Crippen LogP contribution in [0.15, 0.2) is 18.2 Å². The van der Waals surface area contributed by atoms with Gasteiger partial charge in [0.2, 0.25) is 0 Å². The Morgan fingerprint density at radius 3 is 2.60 bits per heavy atom. The molecular formula is C11H14FNO2. The Morgan fingerprint density at radius 1 is 1.47 bits per heavy atom. The summed E-state index contributed by atoms with van der Waals surface area (Å²) in [5, 5.41) is 9.18. The van der Waals surface area contributed by atoms with Gasteiger partial charge in [-0.2, -0.15) is 0 Å². The number of rotatable bonds is 4. The third-order valence-electron chi connectivity index (χ3n) is 2.21. The molecule has 15 heavy (non-hydrogen) atoms. The number of nitrogens with zero attached hydrogens (tertiary/aromatic N) is 1. The summed E-state index contributed by atoms with van der Waals surface area (Å²) >= 11 is 0. The summed E-state index contributed by atoms with van der Waals surface area (Å²) in [4.78, 5) is 12.5. The molecule has 0 aliphatic carbocycles. The normalized spacial score (nSPS) is 12.8. The zero-order valence-corrected chi connectivity index (χ0v) is 8.77. The van der Waals surface area contributed by atoms with E-state index in [1.54, 1.807) is 19.0 Å². The van der Waals surface area contributed by atoms with Crippen molar-refractivity contribution in [1.82, 2.24) is 4.90 Å². The van der Waals surface area contributed by atoms with E-state index < -0.39 is 5.82 Å². The Bertz CT molecular complexity index is 332. The Hall–Kier alpha value is -1.42. The molecule has 0 aliphatic rings. The highest BCUT2D eigenvalue weighted by Gasteiger charge is 2.11. The van der Waals surface area contributed by atoms with Crippen molar-refractivity contribution in [2.24, 2.45) is 0 Å². The summed E-state index contributed by atoms with van der Waals surface area (Å²) in [5.74, 6) is -0.609. The van der Waals surface area contributed by atoms with Crippen LogP contribution in [0.2, 0.25) is 0 Å². The van der Waals surface area contributed by atoms with Crippen molar-refractivity contribution < 1.29 is 14.3 Å². The van der Waals surface area contributed by atoms with E-state index in [0.717, 1.165) is 12.4 Å². The first-order chi connectivity index (χ1) is 7.02. The maximum atomic E-state index is 12.9. The van der Waals surface area contributed by atoms with Gasteiger partial charge in [0.05, 0.1) is 6.04 Å². The molecule has 0 saturated carbocycles. The molecule has 1 N–H and O–H groups in total. The van der Waals surface area contributed by atoms with E-state index in [1.807, 2.05) is 0 Å². The standard InChI is InChI=1S/C11H14FNO2/c1-13(2)10(7-14)4-8-3-9(12)6-11(15)5-8/h3,5-7,10,15H,4H2,1-2H3. The number of aldehydes is 1. The van der Waals surface area contributed by atoms with E-state index in [-0.39, 0.29) is 11.8 Å². The van der Waals surface area contributed by atoms with Gasteiger partial charge in [-0.05, 0) is 38.2 Å². The molecule has 0 aromatic heterocycles. The molecule has 1 aromatic rings. The molecule has 0 saturated heterocycles. The fourth-order valence-corrected chi connectivity index (χ4v) is 1.35. The van der Waals surface area contributed by atoms with Crippen molar-refractivity contribution in [1.29, 1.82) is 0 Å². The maximum absolute atomic E-state index is 12.9. The molecule has 1 rings (SSSR count). The van der Waals surface area contributed by atoms with Crippen LogP contribution in [-0.2, 0) is 11.2 Å². The van der Waals surface area contributed by atoms with Crippen molar-refractivity contribution in [2.75, 3.05) is 14.1 Å². The van der Waals surface area contributed by atoms with Gasteiger partial charge in [-0.3, -0.25) is 4.90 Å². The lowest BCUT2D eigenvalue weighted by Gasteiger charge is -2.18. The molecule has 0 fully saturated rings. The van der Waals surface area contributed by atoms with Gasteiger partial charge in [0.15, 0.2) is 0 Å². The fraction of sp³-hybridized carbons (Fsp3) is 0.364. The van der Waals surface area contributed by atoms with Crippen molar-refractivity contribution in [3.8, 4) is 5.75 Å². The predicted molar refractivity (Wildman–Crippen MR) is 55.3 cm³/mol. The molecule has 0 aliphatic heterocycles. The second kappa shape index (κ2) is 4.89. The van der Waals surface area contributed by atoms with Gasteiger partial charge in [-0.25, -0.2) is 4.39 Å². The summed E-state index contributed by atoms with van der Waals surface area (Å²) in [7, 11) is 3.55. The van der Waals surface area contributed by atoms with Crippen LogP contribution in [0.4, 0.5) is 4.39 Å². The minimum atomic E-state index is -0.492. The van der Waals surface area contributed by atoms with Crippen molar-refractivity contribution >= 4 is 6.29 Å². The SMILES string of the molecule is CN(C)C(C=O)Cc1cc(O)cc(F)c1. The molecule has 1 unspecified atom stereocenters. The van der Waals surface area contributed by atoms with E-state index in [0.29, 0.717) is 12.0 Å². The van der Waals surface area contributed by atoms with Crippen LogP contribution < -0.4 is 0 Å². The highest BCUT2D eigenvalue weighted by molar-refractivity contribution is 5.58. The molecule has 0 radical (unpaired) electrons. The van der Waals surface area contributed by atoms with Gasteiger partial charge in [0, 0.05) is 6.07 Å². The van der Waals surface area contributed by atoms with Gasteiger partial charge in [-0.1, -0.05) is 0 Å². The second-order valence-corrected chi connectivity index (χ2v) is 3.69. The molecule has 0 amide bonds. The zero-order chi connectivity index (χ0) is 11.4. The van der Waals surface area contributed by atoms with Crippen LogP contribution in [-0.4, -0.2) is 36.4 Å². The monoisotopic (exact) mass is 211 g/mol. The summed E-state index contributed by atoms with van der Waals surface area (Å²) in [6, 6.07) is 3.52. The van der Waals surface area contributed by atoms with Gasteiger partial charge >= 0.3 is 0 Å². The molecule has 1 aromatic carbocycles. The van der Waals surface area contributed by atoms with Crippen molar-refractivity contribution in [3.63, 3.8) is 0 Å². The lowest BCUT2D eigenvalue weighted by Crippen LogP contribution is -2.31. The Kier molecular flexibility index (Phi) is 3.80. The van der Waals surface area contributed by atoms with Gasteiger partial charge in [0.1, 0.15) is 17.9 Å². The molecule has 82 valence electrons. The number of likely N-dealkylation sites (N-methyl/N-ethyl adjacent to an activating group) is 1. The minimum Gasteiger partial charge on any atom is -0.508 e. The molecule has 4 heteroatoms. The quantitative estimate of drug-likeness (QED) is 0.761. The third kappa shape index (κ3) is 3.32. The van der Waals surface area contributed by atoms with Crippen LogP contribution in [0.1, 0.15) is 5.56 Å². The summed E-state index contributed by atoms with van der Waals surface area (Å²) in [6.07, 6.45) is 1.20. The molecule has 0 heterocycles. The summed E-state index contributed by atoms with van der Waals surface area (Å²) in [6.45, 7) is 0. The average molecular weight is 211 g/mol. The van der Waals surface area contributed by atoms with E-state index in [9.17, 15) is 14.3 Å². The second-order valence-electron chi connectivity index (χ2n) is 3.69. The number of hydrogen-bond acceptors (Lipinski definition) is 3. The highest BCUT2D eigenvalue weighted by atomic mass is 19.1. The Labute approximate surface area is 88.1 Å². The number of benzene rings is 1. The predicted octanol–water partition coefficient (Wildman–Crippen LogP) is 1.20. The largest absolute Gasteiger partial charge is 0.508 e. The Balaban J connectivity index is 2.83. The van der Waals surface area contributed by atoms with E-state index in [1.165, 1.54) is 12.1 Å². The number of carbonyl (C=O) groups is 1. The molecule has 1 atom stereocenters. The first kappa shape index (κ1) is 11.7. The maximum Gasteiger partial charge on any atom is 0.137 e. The molecule has 0 spiro atoms. The van der Waals surface area contributed by atoms with Crippen LogP contribution in [0.25, 0.3) is 0 Å². The van der Waals surface area contributed by atoms with Crippen LogP contribution in [0, 0.1) is 5.82 Å². The molecule has 0 bridgehead atoms. The van der Waals surface area contributed by atoms with E-state index in [4.69, 9.17) is 0 Å². The number of carbonyl (C=O) groups excluding carboxylic acids is 1. The topological polar surface area (TPSA) is 40.5 Å².